The summed E-state index contributed by atoms with van der Waals surface area (Å²) in [5, 5.41) is 18.1. The molecule has 0 bridgehead atoms. The molecule has 0 saturated carbocycles. The van der Waals surface area contributed by atoms with Gasteiger partial charge in [0.15, 0.2) is 5.96 Å². The topological polar surface area (TPSA) is 142 Å². The van der Waals surface area contributed by atoms with Gasteiger partial charge in [0, 0.05) is 12.1 Å². The molecule has 160 valence electrons. The second-order valence-electron chi connectivity index (χ2n) is 6.43. The van der Waals surface area contributed by atoms with Crippen molar-refractivity contribution in [2.24, 2.45) is 0 Å². The highest BCUT2D eigenvalue weighted by Gasteiger charge is 2.32. The molecular weight excluding hydrogens is 435 g/mol. The number of benzene rings is 1. The maximum absolute atomic E-state index is 12.4. The largest absolute Gasteiger partial charge is 0.450 e. The average molecular weight is 461 g/mol. The Bertz CT molecular complexity index is 745. The zero-order valence-corrected chi connectivity index (χ0v) is 19.5. The Kier molecular flexibility index (Phi) is 10.4. The molecule has 0 aliphatic carbocycles. The lowest BCUT2D eigenvalue weighted by Crippen LogP contribution is -2.52. The highest BCUT2D eigenvalue weighted by molar-refractivity contribution is 7.15. The van der Waals surface area contributed by atoms with Gasteiger partial charge in [0.2, 0.25) is 5.91 Å². The number of carbonyl (C=O) groups is 3. The lowest BCUT2D eigenvalue weighted by Gasteiger charge is -2.24. The van der Waals surface area contributed by atoms with Gasteiger partial charge >= 0.3 is 11.9 Å². The van der Waals surface area contributed by atoms with E-state index < -0.39 is 29.4 Å². The zero-order chi connectivity index (χ0) is 22.0. The number of anilines is 1. The number of ether oxygens (including phenoxy) is 1. The quantitative estimate of drug-likeness (QED) is 0.121. The molecule has 1 aromatic carbocycles. The van der Waals surface area contributed by atoms with Crippen molar-refractivity contribution >= 4 is 57.7 Å². The number of esters is 1. The maximum atomic E-state index is 12.4. The summed E-state index contributed by atoms with van der Waals surface area (Å²) in [6.45, 7) is 3.05. The zero-order valence-electron chi connectivity index (χ0n) is 16.1. The summed E-state index contributed by atoms with van der Waals surface area (Å²) in [5.41, 5.74) is -0.636. The molecule has 0 fully saturated rings. The van der Waals surface area contributed by atoms with Crippen molar-refractivity contribution in [1.82, 2.24) is 15.5 Å². The summed E-state index contributed by atoms with van der Waals surface area (Å²) in [7, 11) is 6.26. The molecule has 1 rings (SSSR count). The SMILES string of the molecule is CC(C)(NC(=O)CCC(NP)C(=O)OP)C(=O)Oc1ccc(NC(=N)NP)cc1. The molecule has 13 heteroatoms. The van der Waals surface area contributed by atoms with Gasteiger partial charge < -0.3 is 25.0 Å². The minimum atomic E-state index is -1.27. The molecule has 4 atom stereocenters. The highest BCUT2D eigenvalue weighted by Crippen LogP contribution is 2.18. The van der Waals surface area contributed by atoms with E-state index >= 15 is 0 Å². The summed E-state index contributed by atoms with van der Waals surface area (Å²) in [6.07, 6.45) is 0.209. The fourth-order valence-corrected chi connectivity index (χ4v) is 2.65. The van der Waals surface area contributed by atoms with Crippen LogP contribution in [-0.2, 0) is 18.9 Å². The van der Waals surface area contributed by atoms with Crippen LogP contribution in [0.5, 0.6) is 5.75 Å². The first kappa shape index (κ1) is 25.2. The lowest BCUT2D eigenvalue weighted by atomic mass is 10.0. The number of nitrogens with one attached hydrogen (secondary N) is 5. The van der Waals surface area contributed by atoms with Crippen LogP contribution < -0.4 is 25.5 Å². The van der Waals surface area contributed by atoms with Crippen LogP contribution in [0.25, 0.3) is 0 Å². The van der Waals surface area contributed by atoms with E-state index in [9.17, 15) is 14.4 Å². The van der Waals surface area contributed by atoms with E-state index in [4.69, 9.17) is 10.1 Å². The molecular formula is C16H26N5O5P3. The molecule has 0 heterocycles. The molecule has 1 amide bonds. The van der Waals surface area contributed by atoms with Gasteiger partial charge in [0.1, 0.15) is 17.3 Å². The van der Waals surface area contributed by atoms with Crippen LogP contribution >= 0.6 is 28.2 Å². The van der Waals surface area contributed by atoms with E-state index in [-0.39, 0.29) is 18.8 Å². The van der Waals surface area contributed by atoms with E-state index in [2.05, 4.69) is 44.1 Å². The number of guanidine groups is 1. The molecule has 5 N–H and O–H groups in total. The second-order valence-corrected chi connectivity index (χ2v) is 7.28. The first-order valence-electron chi connectivity index (χ1n) is 8.45. The molecule has 0 radical (unpaired) electrons. The Balaban J connectivity index is 2.60. The van der Waals surface area contributed by atoms with Crippen molar-refractivity contribution in [3.8, 4) is 5.75 Å². The maximum Gasteiger partial charge on any atom is 0.336 e. The van der Waals surface area contributed by atoms with Crippen molar-refractivity contribution in [2.75, 3.05) is 5.32 Å². The number of hydrogen-bond acceptors (Lipinski definition) is 7. The molecule has 0 aliphatic heterocycles. The lowest BCUT2D eigenvalue weighted by molar-refractivity contribution is -0.143. The molecule has 0 saturated heterocycles. The van der Waals surface area contributed by atoms with Gasteiger partial charge in [0.05, 0.1) is 9.47 Å². The summed E-state index contributed by atoms with van der Waals surface area (Å²) < 4.78 is 9.87. The second kappa shape index (κ2) is 12.0. The van der Waals surface area contributed by atoms with Gasteiger partial charge in [0.25, 0.3) is 0 Å². The Labute approximate surface area is 176 Å². The van der Waals surface area contributed by atoms with Crippen LogP contribution in [0.3, 0.4) is 0 Å². The van der Waals surface area contributed by atoms with Crippen LogP contribution in [0.15, 0.2) is 24.3 Å². The van der Waals surface area contributed by atoms with Crippen LogP contribution in [0.2, 0.25) is 0 Å². The number of rotatable bonds is 9. The molecule has 0 spiro atoms. The summed E-state index contributed by atoms with van der Waals surface area (Å²) >= 11 is 0. The minimum Gasteiger partial charge on any atom is -0.450 e. The first-order valence-corrected chi connectivity index (χ1v) is 10.1. The fraction of sp³-hybridized carbons (Fsp3) is 0.375. The van der Waals surface area contributed by atoms with Gasteiger partial charge in [-0.2, -0.15) is 0 Å². The molecule has 29 heavy (non-hydrogen) atoms. The Morgan fingerprint density at radius 2 is 1.79 bits per heavy atom. The van der Waals surface area contributed by atoms with Crippen molar-refractivity contribution in [3.63, 3.8) is 0 Å². The third-order valence-corrected chi connectivity index (χ3v) is 4.63. The molecule has 4 unspecified atom stereocenters. The summed E-state index contributed by atoms with van der Waals surface area (Å²) in [5.74, 6) is -1.18. The monoisotopic (exact) mass is 461 g/mol. The van der Waals surface area contributed by atoms with E-state index in [1.54, 1.807) is 24.3 Å². The Hall–Kier alpha value is -1.85. The van der Waals surface area contributed by atoms with Gasteiger partial charge in [-0.25, -0.2) is 4.79 Å². The van der Waals surface area contributed by atoms with Crippen LogP contribution in [0, 0.1) is 5.41 Å². The van der Waals surface area contributed by atoms with Crippen molar-refractivity contribution in [2.45, 2.75) is 38.3 Å². The Morgan fingerprint density at radius 1 is 1.17 bits per heavy atom. The smallest absolute Gasteiger partial charge is 0.336 e. The normalized spacial score (nSPS) is 11.8. The van der Waals surface area contributed by atoms with Crippen molar-refractivity contribution < 1.29 is 23.6 Å². The van der Waals surface area contributed by atoms with E-state index in [0.29, 0.717) is 11.4 Å². The van der Waals surface area contributed by atoms with Crippen molar-refractivity contribution in [1.29, 1.82) is 5.41 Å². The van der Waals surface area contributed by atoms with Crippen LogP contribution in [0.4, 0.5) is 5.69 Å². The van der Waals surface area contributed by atoms with Crippen molar-refractivity contribution in [3.05, 3.63) is 24.3 Å². The minimum absolute atomic E-state index is 0.0125. The molecule has 10 nitrogen and oxygen atoms in total. The third kappa shape index (κ3) is 8.58. The van der Waals surface area contributed by atoms with Gasteiger partial charge in [-0.3, -0.25) is 20.1 Å². The standard InChI is InChI=1S/C16H26N5O5P3/c1-16(2,19-12(22)8-7-11(20-27)13(23)26-29)14(24)25-10-5-3-9(4-6-10)18-15(17)21-28/h3-6,11,20H,7-8,27-29H2,1-2H3,(H,19,22)(H3,17,18,21). The average Bonchev–Trinajstić information content (AvgIpc) is 2.69. The summed E-state index contributed by atoms with van der Waals surface area (Å²) in [4.78, 5) is 36.1. The Morgan fingerprint density at radius 3 is 2.31 bits per heavy atom. The molecule has 0 aliphatic rings. The van der Waals surface area contributed by atoms with Crippen LogP contribution in [-0.4, -0.2) is 35.4 Å². The number of carbonyl (C=O) groups excluding carboxylic acids is 3. The fourth-order valence-electron chi connectivity index (χ4n) is 2.11. The van der Waals surface area contributed by atoms with E-state index in [1.165, 1.54) is 13.8 Å². The first-order chi connectivity index (χ1) is 13.6. The summed E-state index contributed by atoms with van der Waals surface area (Å²) in [6, 6.07) is 5.76. The van der Waals surface area contributed by atoms with Gasteiger partial charge in [-0.1, -0.05) is 9.39 Å². The number of amides is 1. The number of hydrogen-bond donors (Lipinski definition) is 5. The highest BCUT2D eigenvalue weighted by atomic mass is 31.0. The van der Waals surface area contributed by atoms with Crippen LogP contribution in [0.1, 0.15) is 26.7 Å². The van der Waals surface area contributed by atoms with E-state index in [0.717, 1.165) is 0 Å². The van der Waals surface area contributed by atoms with E-state index in [1.807, 2.05) is 9.47 Å². The predicted octanol–water partition coefficient (Wildman–Crippen LogP) is 1.07. The van der Waals surface area contributed by atoms with Gasteiger partial charge in [-0.15, -0.1) is 0 Å². The predicted molar refractivity (Wildman–Crippen MR) is 120 cm³/mol. The molecule has 1 aromatic rings. The third-order valence-electron chi connectivity index (χ3n) is 3.70. The molecule has 0 aromatic heterocycles. The van der Waals surface area contributed by atoms with Gasteiger partial charge in [-0.05, 0) is 53.9 Å².